The van der Waals surface area contributed by atoms with E-state index in [2.05, 4.69) is 21.7 Å². The Kier molecular flexibility index (Phi) is 4.10. The van der Waals surface area contributed by atoms with Crippen molar-refractivity contribution in [3.05, 3.63) is 40.9 Å². The number of nitrogens with zero attached hydrogens (tertiary/aromatic N) is 3. The first kappa shape index (κ1) is 15.7. The number of Topliss-reactive ketones (excluding diaryl/α,β-unsaturated/α-hetero) is 1. The molecule has 0 unspecified atom stereocenters. The van der Waals surface area contributed by atoms with Crippen LogP contribution in [0.2, 0.25) is 5.02 Å². The lowest BCUT2D eigenvalue weighted by Gasteiger charge is -2.05. The van der Waals surface area contributed by atoms with Crippen molar-refractivity contribution in [1.29, 1.82) is 0 Å². The van der Waals surface area contributed by atoms with Crippen molar-refractivity contribution in [3.8, 4) is 0 Å². The SMILES string of the molecule is CCn1c(SCC(=O)c2cc3cc(Cl)ccc3o2)nnc1C1CC1. The Labute approximate surface area is 148 Å². The molecule has 4 rings (SSSR count). The second kappa shape index (κ2) is 6.26. The fourth-order valence-corrected chi connectivity index (χ4v) is 3.76. The molecule has 1 aliphatic carbocycles. The van der Waals surface area contributed by atoms with E-state index >= 15 is 0 Å². The Balaban J connectivity index is 1.49. The summed E-state index contributed by atoms with van der Waals surface area (Å²) in [5.41, 5.74) is 0.667. The zero-order valence-electron chi connectivity index (χ0n) is 13.2. The number of fused-ring (bicyclic) bond motifs is 1. The van der Waals surface area contributed by atoms with Gasteiger partial charge < -0.3 is 8.98 Å². The van der Waals surface area contributed by atoms with Crippen molar-refractivity contribution in [2.75, 3.05) is 5.75 Å². The minimum atomic E-state index is -0.0639. The number of halogens is 1. The third-order valence-electron chi connectivity index (χ3n) is 4.09. The molecule has 5 nitrogen and oxygen atoms in total. The average Bonchev–Trinajstić information content (AvgIpc) is 3.20. The van der Waals surface area contributed by atoms with E-state index in [1.807, 2.05) is 0 Å². The van der Waals surface area contributed by atoms with Crippen molar-refractivity contribution >= 4 is 40.1 Å². The lowest BCUT2D eigenvalue weighted by atomic mass is 10.2. The molecular weight excluding hydrogens is 346 g/mol. The largest absolute Gasteiger partial charge is 0.453 e. The van der Waals surface area contributed by atoms with Gasteiger partial charge in [-0.2, -0.15) is 0 Å². The van der Waals surface area contributed by atoms with Gasteiger partial charge >= 0.3 is 0 Å². The number of carbonyl (C=O) groups excluding carboxylic acids is 1. The van der Waals surface area contributed by atoms with E-state index in [4.69, 9.17) is 16.0 Å². The van der Waals surface area contributed by atoms with Gasteiger partial charge in [-0.25, -0.2) is 0 Å². The molecule has 0 spiro atoms. The molecule has 0 saturated heterocycles. The van der Waals surface area contributed by atoms with Gasteiger partial charge in [-0.1, -0.05) is 23.4 Å². The number of aromatic nitrogens is 3. The van der Waals surface area contributed by atoms with Crippen LogP contribution in [0.5, 0.6) is 0 Å². The van der Waals surface area contributed by atoms with Crippen LogP contribution in [0.1, 0.15) is 42.1 Å². The minimum Gasteiger partial charge on any atom is -0.453 e. The molecule has 0 radical (unpaired) electrons. The lowest BCUT2D eigenvalue weighted by molar-refractivity contribution is 0.0994. The van der Waals surface area contributed by atoms with Crippen LogP contribution < -0.4 is 0 Å². The lowest BCUT2D eigenvalue weighted by Crippen LogP contribution is -2.05. The van der Waals surface area contributed by atoms with Gasteiger partial charge in [0.2, 0.25) is 5.78 Å². The normalized spacial score (nSPS) is 14.4. The third kappa shape index (κ3) is 2.96. The van der Waals surface area contributed by atoms with Crippen LogP contribution >= 0.6 is 23.4 Å². The van der Waals surface area contributed by atoms with Gasteiger partial charge in [-0.3, -0.25) is 4.79 Å². The highest BCUT2D eigenvalue weighted by Crippen LogP contribution is 2.40. The first-order valence-electron chi connectivity index (χ1n) is 7.94. The van der Waals surface area contributed by atoms with Crippen LogP contribution in [-0.2, 0) is 6.54 Å². The van der Waals surface area contributed by atoms with E-state index in [1.165, 1.54) is 24.6 Å². The molecule has 0 atom stereocenters. The zero-order chi connectivity index (χ0) is 16.7. The first-order chi connectivity index (χ1) is 11.7. The fourth-order valence-electron chi connectivity index (χ4n) is 2.70. The number of thioether (sulfide) groups is 1. The van der Waals surface area contributed by atoms with E-state index in [-0.39, 0.29) is 11.5 Å². The molecule has 3 aromatic rings. The minimum absolute atomic E-state index is 0.0639. The Hall–Kier alpha value is -1.79. The van der Waals surface area contributed by atoms with E-state index < -0.39 is 0 Å². The summed E-state index contributed by atoms with van der Waals surface area (Å²) in [6.07, 6.45) is 2.37. The highest BCUT2D eigenvalue weighted by Gasteiger charge is 2.30. The summed E-state index contributed by atoms with van der Waals surface area (Å²) < 4.78 is 7.72. The molecule has 0 aliphatic heterocycles. The van der Waals surface area contributed by atoms with E-state index in [9.17, 15) is 4.79 Å². The second-order valence-corrected chi connectivity index (χ2v) is 7.24. The summed E-state index contributed by atoms with van der Waals surface area (Å²) in [5, 5.41) is 10.8. The summed E-state index contributed by atoms with van der Waals surface area (Å²) in [5.74, 6) is 2.15. The third-order valence-corrected chi connectivity index (χ3v) is 5.29. The predicted octanol–water partition coefficient (Wildman–Crippen LogP) is 4.55. The predicted molar refractivity (Wildman–Crippen MR) is 93.9 cm³/mol. The van der Waals surface area contributed by atoms with Crippen molar-refractivity contribution in [2.24, 2.45) is 0 Å². The monoisotopic (exact) mass is 361 g/mol. The van der Waals surface area contributed by atoms with E-state index in [0.717, 1.165) is 22.9 Å². The smallest absolute Gasteiger partial charge is 0.208 e. The molecule has 1 aliphatic rings. The van der Waals surface area contributed by atoms with Crippen molar-refractivity contribution in [3.63, 3.8) is 0 Å². The molecule has 1 fully saturated rings. The molecule has 0 N–H and O–H groups in total. The van der Waals surface area contributed by atoms with Crippen LogP contribution in [0.25, 0.3) is 11.0 Å². The van der Waals surface area contributed by atoms with Gasteiger partial charge in [0.05, 0.1) is 5.75 Å². The quantitative estimate of drug-likeness (QED) is 0.476. The number of carbonyl (C=O) groups is 1. The zero-order valence-corrected chi connectivity index (χ0v) is 14.7. The highest BCUT2D eigenvalue weighted by atomic mass is 35.5. The number of hydrogen-bond donors (Lipinski definition) is 0. The van der Waals surface area contributed by atoms with Crippen LogP contribution in [-0.4, -0.2) is 26.3 Å². The van der Waals surface area contributed by atoms with Crippen LogP contribution in [0.15, 0.2) is 33.8 Å². The summed E-state index contributed by atoms with van der Waals surface area (Å²) >= 11 is 7.37. The van der Waals surface area contributed by atoms with Crippen molar-refractivity contribution < 1.29 is 9.21 Å². The molecule has 2 heterocycles. The second-order valence-electron chi connectivity index (χ2n) is 5.86. The van der Waals surface area contributed by atoms with Gasteiger partial charge in [0.25, 0.3) is 0 Å². The number of ketones is 1. The molecule has 0 amide bonds. The molecule has 0 bridgehead atoms. The number of rotatable bonds is 6. The summed E-state index contributed by atoms with van der Waals surface area (Å²) in [4.78, 5) is 12.4. The number of benzene rings is 1. The Morgan fingerprint density at radius 2 is 2.21 bits per heavy atom. The maximum Gasteiger partial charge on any atom is 0.208 e. The number of furan rings is 1. The summed E-state index contributed by atoms with van der Waals surface area (Å²) in [6.45, 7) is 2.89. The van der Waals surface area contributed by atoms with Crippen molar-refractivity contribution in [1.82, 2.24) is 14.8 Å². The van der Waals surface area contributed by atoms with E-state index in [1.54, 1.807) is 24.3 Å². The van der Waals surface area contributed by atoms with Gasteiger partial charge in [0, 0.05) is 22.9 Å². The molecular formula is C17H16ClN3O2S. The molecule has 1 aromatic carbocycles. The molecule has 24 heavy (non-hydrogen) atoms. The van der Waals surface area contributed by atoms with E-state index in [0.29, 0.717) is 22.3 Å². The fraction of sp³-hybridized carbons (Fsp3) is 0.353. The van der Waals surface area contributed by atoms with Gasteiger partial charge in [-0.15, -0.1) is 10.2 Å². The number of hydrogen-bond acceptors (Lipinski definition) is 5. The topological polar surface area (TPSA) is 60.9 Å². The average molecular weight is 362 g/mol. The standard InChI is InChI=1S/C17H16ClN3O2S/c1-2-21-16(10-3-4-10)19-20-17(21)24-9-13(22)15-8-11-7-12(18)5-6-14(11)23-15/h5-8,10H,2-4,9H2,1H3. The maximum absolute atomic E-state index is 12.4. The summed E-state index contributed by atoms with van der Waals surface area (Å²) in [7, 11) is 0. The van der Waals surface area contributed by atoms with Crippen LogP contribution in [0.4, 0.5) is 0 Å². The van der Waals surface area contributed by atoms with Crippen LogP contribution in [0.3, 0.4) is 0 Å². The molecule has 124 valence electrons. The van der Waals surface area contributed by atoms with Crippen LogP contribution in [0, 0.1) is 0 Å². The molecule has 2 aromatic heterocycles. The highest BCUT2D eigenvalue weighted by molar-refractivity contribution is 7.99. The Bertz CT molecular complexity index is 914. The van der Waals surface area contributed by atoms with Crippen molar-refractivity contribution in [2.45, 2.75) is 37.4 Å². The molecule has 1 saturated carbocycles. The Morgan fingerprint density at radius 3 is 2.96 bits per heavy atom. The summed E-state index contributed by atoms with van der Waals surface area (Å²) in [6, 6.07) is 7.06. The maximum atomic E-state index is 12.4. The first-order valence-corrected chi connectivity index (χ1v) is 9.30. The van der Waals surface area contributed by atoms with Gasteiger partial charge in [0.15, 0.2) is 10.9 Å². The van der Waals surface area contributed by atoms with Gasteiger partial charge in [0.1, 0.15) is 11.4 Å². The molecule has 7 heteroatoms. The Morgan fingerprint density at radius 1 is 1.38 bits per heavy atom. The van der Waals surface area contributed by atoms with Gasteiger partial charge in [-0.05, 0) is 44.0 Å².